The van der Waals surface area contributed by atoms with E-state index in [1.165, 1.54) is 24.1 Å². The molecule has 1 fully saturated rings. The van der Waals surface area contributed by atoms with Crippen LogP contribution in [0.15, 0.2) is 42.5 Å². The number of nitrogens with zero attached hydrogens (tertiary/aromatic N) is 1. The smallest absolute Gasteiger partial charge is 0.324 e. The average Bonchev–Trinajstić information content (AvgIpc) is 3.06. The number of cyclic esters (lactones) is 1. The lowest BCUT2D eigenvalue weighted by molar-refractivity contribution is -0.153. The van der Waals surface area contributed by atoms with E-state index in [-0.39, 0.29) is 38.2 Å². The first-order valence-electron chi connectivity index (χ1n) is 16.7. The summed E-state index contributed by atoms with van der Waals surface area (Å²) < 4.78 is 19.2. The third-order valence-corrected chi connectivity index (χ3v) is 8.77. The first-order chi connectivity index (χ1) is 23.2. The number of benzene rings is 1. The van der Waals surface area contributed by atoms with Crippen molar-refractivity contribution >= 4 is 29.5 Å². The summed E-state index contributed by atoms with van der Waals surface area (Å²) in [6.45, 7) is 6.54. The molecule has 1 saturated heterocycles. The summed E-state index contributed by atoms with van der Waals surface area (Å²) >= 11 is 0. The van der Waals surface area contributed by atoms with Gasteiger partial charge >= 0.3 is 5.97 Å². The zero-order valence-corrected chi connectivity index (χ0v) is 28.4. The van der Waals surface area contributed by atoms with Crippen molar-refractivity contribution in [2.45, 2.75) is 96.6 Å². The van der Waals surface area contributed by atoms with E-state index < -0.39 is 83.3 Å². The summed E-state index contributed by atoms with van der Waals surface area (Å²) in [5.74, 6) is -6.83. The van der Waals surface area contributed by atoms with E-state index in [1.54, 1.807) is 39.0 Å². The maximum atomic E-state index is 13.9. The van der Waals surface area contributed by atoms with Crippen LogP contribution in [0.5, 0.6) is 5.75 Å². The van der Waals surface area contributed by atoms with Gasteiger partial charge in [0.05, 0.1) is 24.7 Å². The zero-order chi connectivity index (χ0) is 36.2. The molecule has 0 radical (unpaired) electrons. The number of allylic oxidation sites excluding steroid dienone is 2. The summed E-state index contributed by atoms with van der Waals surface area (Å²) in [5.41, 5.74) is 3.22. The van der Waals surface area contributed by atoms with Gasteiger partial charge in [-0.3, -0.25) is 24.2 Å². The van der Waals surface area contributed by atoms with Crippen LogP contribution in [0.1, 0.15) is 65.4 Å². The molecule has 7 atom stereocenters. The molecule has 13 nitrogen and oxygen atoms in total. The fraction of sp³-hybridized carbons (Fsp3) is 0.571. The molecule has 2 aliphatic rings. The fourth-order valence-corrected chi connectivity index (χ4v) is 5.72. The highest BCUT2D eigenvalue weighted by atomic mass is 19.1. The molecular weight excluding hydrogens is 639 g/mol. The second-order valence-corrected chi connectivity index (χ2v) is 13.1. The normalized spacial score (nSPS) is 28.2. The number of nitrogens with one attached hydrogen (secondary N) is 3. The first kappa shape index (κ1) is 39.3. The minimum atomic E-state index is -1.39. The number of hydrogen-bond donors (Lipinski definition) is 6. The number of phenols is 1. The van der Waals surface area contributed by atoms with Gasteiger partial charge in [-0.15, -0.1) is 0 Å². The number of fused-ring (bicyclic) bond motifs is 2. The van der Waals surface area contributed by atoms with Crippen molar-refractivity contribution in [2.24, 2.45) is 17.8 Å². The molecule has 6 N–H and O–H groups in total. The SMILES string of the molecule is CC(=O)CCC1C(=O)NC(C(C)C)C(=O)NC(Cc2ccc(F)c(O)c2)C(=O)N2CCCC(N2)C(=O)OCCC=CC=CC(O)C(C)C1O. The van der Waals surface area contributed by atoms with Crippen LogP contribution in [-0.2, 0) is 35.1 Å². The van der Waals surface area contributed by atoms with E-state index in [9.17, 15) is 43.7 Å². The molecular formula is C35H49FN4O9. The van der Waals surface area contributed by atoms with Gasteiger partial charge in [0.15, 0.2) is 11.6 Å². The van der Waals surface area contributed by atoms with Crippen molar-refractivity contribution in [1.82, 2.24) is 21.1 Å². The van der Waals surface area contributed by atoms with Gasteiger partial charge in [-0.2, -0.15) is 0 Å². The number of ether oxygens (including phenoxy) is 1. The number of esters is 1. The van der Waals surface area contributed by atoms with E-state index in [0.717, 1.165) is 12.1 Å². The molecule has 49 heavy (non-hydrogen) atoms. The zero-order valence-electron chi connectivity index (χ0n) is 28.4. The molecule has 2 bridgehead atoms. The summed E-state index contributed by atoms with van der Waals surface area (Å²) in [7, 11) is 0. The molecule has 0 spiro atoms. The number of ketones is 1. The number of hydrogen-bond acceptors (Lipinski definition) is 10. The van der Waals surface area contributed by atoms with E-state index in [1.807, 2.05) is 0 Å². The molecule has 3 rings (SSSR count). The number of aliphatic hydroxyl groups excluding tert-OH is 2. The Kier molecular flexibility index (Phi) is 14.9. The third kappa shape index (κ3) is 11.5. The minimum absolute atomic E-state index is 0.0232. The van der Waals surface area contributed by atoms with E-state index in [4.69, 9.17) is 4.74 Å². The Hall–Kier alpha value is -4.14. The number of amides is 3. The van der Waals surface area contributed by atoms with Gasteiger partial charge < -0.3 is 35.5 Å². The van der Waals surface area contributed by atoms with Gasteiger partial charge in [0.2, 0.25) is 11.8 Å². The van der Waals surface area contributed by atoms with Crippen LogP contribution in [0.4, 0.5) is 4.39 Å². The maximum Gasteiger partial charge on any atom is 0.324 e. The summed E-state index contributed by atoms with van der Waals surface area (Å²) in [6, 6.07) is 0.233. The lowest BCUT2D eigenvalue weighted by atomic mass is 9.84. The molecule has 0 aromatic heterocycles. The largest absolute Gasteiger partial charge is 0.505 e. The molecule has 14 heteroatoms. The number of halogens is 1. The number of aromatic hydroxyl groups is 1. The number of carbonyl (C=O) groups excluding carboxylic acids is 5. The van der Waals surface area contributed by atoms with Crippen molar-refractivity contribution in [3.63, 3.8) is 0 Å². The van der Waals surface area contributed by atoms with Crippen LogP contribution in [-0.4, -0.2) is 93.3 Å². The van der Waals surface area contributed by atoms with Crippen LogP contribution in [0.3, 0.4) is 0 Å². The molecule has 7 unspecified atom stereocenters. The van der Waals surface area contributed by atoms with Gasteiger partial charge in [-0.25, -0.2) is 9.82 Å². The lowest BCUT2D eigenvalue weighted by Crippen LogP contribution is -2.62. The highest BCUT2D eigenvalue weighted by Crippen LogP contribution is 2.24. The van der Waals surface area contributed by atoms with Crippen LogP contribution in [0.2, 0.25) is 0 Å². The van der Waals surface area contributed by atoms with Crippen LogP contribution in [0, 0.1) is 23.6 Å². The standard InChI is InChI=1S/C35H49FN4O9/c1-20(2)30-33(46)37-27(18-23-13-15-25(36)29(43)19-23)34(47)40-16-9-10-26(39-40)35(48)49-17-8-6-5-7-11-28(42)22(4)31(44)24(32(45)38-30)14-12-21(3)41/h5-7,11,13,15,19-20,22,24,26-28,30-31,39,42-44H,8-10,12,14,16-18H2,1-4H3,(H,37,46)(H,38,45). The number of carbonyl (C=O) groups is 5. The summed E-state index contributed by atoms with van der Waals surface area (Å²) in [5, 5.41) is 38.6. The van der Waals surface area contributed by atoms with E-state index in [0.29, 0.717) is 24.8 Å². The number of rotatable bonds is 6. The summed E-state index contributed by atoms with van der Waals surface area (Å²) in [6.07, 6.45) is 4.83. The van der Waals surface area contributed by atoms with Crippen molar-refractivity contribution in [1.29, 1.82) is 0 Å². The molecule has 1 aromatic carbocycles. The second-order valence-electron chi connectivity index (χ2n) is 13.1. The van der Waals surface area contributed by atoms with Crippen molar-refractivity contribution in [2.75, 3.05) is 13.2 Å². The van der Waals surface area contributed by atoms with E-state index in [2.05, 4.69) is 16.1 Å². The molecule has 2 aliphatic heterocycles. The van der Waals surface area contributed by atoms with Crippen molar-refractivity contribution in [3.8, 4) is 5.75 Å². The van der Waals surface area contributed by atoms with Crippen LogP contribution in [0.25, 0.3) is 0 Å². The highest BCUT2D eigenvalue weighted by Gasteiger charge is 2.38. The quantitative estimate of drug-likeness (QED) is 0.239. The van der Waals surface area contributed by atoms with Gasteiger partial charge in [0.1, 0.15) is 23.9 Å². The Morgan fingerprint density at radius 3 is 2.51 bits per heavy atom. The number of phenolic OH excluding ortho intramolecular Hbond substituents is 1. The van der Waals surface area contributed by atoms with Crippen LogP contribution < -0.4 is 16.1 Å². The molecule has 0 saturated carbocycles. The predicted octanol–water partition coefficient (Wildman–Crippen LogP) is 1.60. The van der Waals surface area contributed by atoms with E-state index >= 15 is 0 Å². The number of hydrazine groups is 1. The predicted molar refractivity (Wildman–Crippen MR) is 177 cm³/mol. The van der Waals surface area contributed by atoms with Crippen molar-refractivity contribution in [3.05, 3.63) is 53.9 Å². The second kappa shape index (κ2) is 18.6. The minimum Gasteiger partial charge on any atom is -0.505 e. The first-order valence-corrected chi connectivity index (χ1v) is 16.7. The van der Waals surface area contributed by atoms with Gasteiger partial charge in [0, 0.05) is 25.3 Å². The monoisotopic (exact) mass is 688 g/mol. The Labute approximate surface area is 285 Å². The molecule has 2 heterocycles. The highest BCUT2D eigenvalue weighted by molar-refractivity contribution is 5.93. The Balaban J connectivity index is 1.99. The molecule has 270 valence electrons. The maximum absolute atomic E-state index is 13.9. The molecule has 0 aliphatic carbocycles. The Morgan fingerprint density at radius 2 is 1.84 bits per heavy atom. The topological polar surface area (TPSA) is 195 Å². The lowest BCUT2D eigenvalue weighted by Gasteiger charge is -2.35. The Morgan fingerprint density at radius 1 is 1.10 bits per heavy atom. The van der Waals surface area contributed by atoms with Crippen molar-refractivity contribution < 1.29 is 48.4 Å². The average molecular weight is 689 g/mol. The fourth-order valence-electron chi connectivity index (χ4n) is 5.72. The molecule has 3 amide bonds. The van der Waals surface area contributed by atoms with Gasteiger partial charge in [-0.05, 0) is 56.2 Å². The van der Waals surface area contributed by atoms with Gasteiger partial charge in [0.25, 0.3) is 5.91 Å². The molecule has 1 aromatic rings. The number of Topliss-reactive ketones (excluding diaryl/α,β-unsaturated/α-hetero) is 1. The summed E-state index contributed by atoms with van der Waals surface area (Å²) in [4.78, 5) is 66.2. The Bertz CT molecular complexity index is 1400. The number of aliphatic hydroxyl groups is 2. The van der Waals surface area contributed by atoms with Crippen LogP contribution >= 0.6 is 0 Å². The third-order valence-electron chi connectivity index (χ3n) is 8.77. The van der Waals surface area contributed by atoms with Gasteiger partial charge in [-0.1, -0.05) is 51.1 Å².